The van der Waals surface area contributed by atoms with Crippen molar-refractivity contribution in [2.75, 3.05) is 5.32 Å². The molecule has 7 heteroatoms. The molecule has 3 rings (SSSR count). The summed E-state index contributed by atoms with van der Waals surface area (Å²) in [6.45, 7) is 5.12. The molecule has 0 aromatic carbocycles. The SMILES string of the molecule is CC(C)(C)OC(=O)Nc1oc2cc(C3=CC=C3)cnc2c1C(=O)O. The molecule has 0 aliphatic heterocycles. The number of aromatic nitrogens is 1. The molecule has 0 saturated heterocycles. The number of nitrogens with zero attached hydrogens (tertiary/aromatic N) is 1. The Bertz CT molecular complexity index is 900. The van der Waals surface area contributed by atoms with Crippen LogP contribution in [0.25, 0.3) is 16.7 Å². The highest BCUT2D eigenvalue weighted by molar-refractivity contribution is 6.08. The van der Waals surface area contributed by atoms with E-state index in [9.17, 15) is 14.7 Å². The van der Waals surface area contributed by atoms with E-state index in [4.69, 9.17) is 9.15 Å². The predicted molar refractivity (Wildman–Crippen MR) is 87.9 cm³/mol. The number of pyridine rings is 1. The number of carboxylic acid groups (broad SMARTS) is 1. The maximum atomic E-state index is 11.9. The number of carboxylic acids is 1. The fourth-order valence-electron chi connectivity index (χ4n) is 2.20. The van der Waals surface area contributed by atoms with Crippen molar-refractivity contribution in [2.24, 2.45) is 0 Å². The molecule has 0 unspecified atom stereocenters. The summed E-state index contributed by atoms with van der Waals surface area (Å²) in [5.41, 5.74) is 1.30. The van der Waals surface area contributed by atoms with E-state index >= 15 is 0 Å². The van der Waals surface area contributed by atoms with Crippen molar-refractivity contribution in [1.29, 1.82) is 0 Å². The summed E-state index contributed by atoms with van der Waals surface area (Å²) < 4.78 is 10.6. The Hall–Kier alpha value is -3.09. The lowest BCUT2D eigenvalue weighted by Gasteiger charge is -2.19. The van der Waals surface area contributed by atoms with Gasteiger partial charge in [-0.25, -0.2) is 9.59 Å². The zero-order chi connectivity index (χ0) is 17.5. The number of amides is 1. The second-order valence-electron chi connectivity index (χ2n) is 6.29. The third kappa shape index (κ3) is 3.01. The van der Waals surface area contributed by atoms with Crippen LogP contribution in [0.5, 0.6) is 0 Å². The van der Waals surface area contributed by atoms with Crippen LogP contribution < -0.4 is 5.32 Å². The molecule has 2 heterocycles. The van der Waals surface area contributed by atoms with Gasteiger partial charge >= 0.3 is 12.1 Å². The zero-order valence-electron chi connectivity index (χ0n) is 13.4. The third-order valence-corrected chi connectivity index (χ3v) is 3.24. The Morgan fingerprint density at radius 2 is 2.04 bits per heavy atom. The number of hydrogen-bond acceptors (Lipinski definition) is 5. The van der Waals surface area contributed by atoms with E-state index in [-0.39, 0.29) is 22.5 Å². The van der Waals surface area contributed by atoms with E-state index in [0.29, 0.717) is 0 Å². The standard InChI is InChI=1S/C17H16N2O5/c1-17(2,3)24-16(22)19-14-12(15(20)21)13-11(23-14)7-10(8-18-13)9-5-4-6-9/h4-8H,1-3H3,(H,19,22)(H,20,21). The number of carbonyl (C=O) groups excluding carboxylic acids is 1. The molecule has 124 valence electrons. The molecule has 0 bridgehead atoms. The molecule has 0 fully saturated rings. The fraction of sp³-hybridized carbons (Fsp3) is 0.235. The Labute approximate surface area is 137 Å². The maximum absolute atomic E-state index is 11.9. The average Bonchev–Trinajstić information content (AvgIpc) is 2.71. The highest BCUT2D eigenvalue weighted by Gasteiger charge is 2.25. The number of allylic oxidation sites excluding steroid dienone is 4. The van der Waals surface area contributed by atoms with Gasteiger partial charge < -0.3 is 14.3 Å². The molecule has 0 radical (unpaired) electrons. The summed E-state index contributed by atoms with van der Waals surface area (Å²) in [7, 11) is 0. The van der Waals surface area contributed by atoms with Gasteiger partial charge in [0.1, 0.15) is 16.7 Å². The Kier molecular flexibility index (Phi) is 3.63. The number of carbonyl (C=O) groups is 2. The summed E-state index contributed by atoms with van der Waals surface area (Å²) >= 11 is 0. The third-order valence-electron chi connectivity index (χ3n) is 3.24. The van der Waals surface area contributed by atoms with Crippen LogP contribution in [0.15, 0.2) is 34.9 Å². The number of nitrogens with one attached hydrogen (secondary N) is 1. The highest BCUT2D eigenvalue weighted by atomic mass is 16.6. The predicted octanol–water partition coefficient (Wildman–Crippen LogP) is 3.83. The molecule has 1 aliphatic carbocycles. The van der Waals surface area contributed by atoms with Gasteiger partial charge in [-0.1, -0.05) is 18.2 Å². The summed E-state index contributed by atoms with van der Waals surface area (Å²) in [6, 6.07) is 1.68. The van der Waals surface area contributed by atoms with Crippen LogP contribution in [-0.4, -0.2) is 27.8 Å². The molecule has 1 aliphatic rings. The van der Waals surface area contributed by atoms with Gasteiger partial charge in [0.15, 0.2) is 5.58 Å². The molecule has 1 amide bonds. The van der Waals surface area contributed by atoms with Crippen molar-refractivity contribution < 1.29 is 23.8 Å². The zero-order valence-corrected chi connectivity index (χ0v) is 13.4. The topological polar surface area (TPSA) is 102 Å². The first-order chi connectivity index (χ1) is 11.2. The fourth-order valence-corrected chi connectivity index (χ4v) is 2.20. The normalized spacial score (nSPS) is 13.4. The molecule has 2 aromatic heterocycles. The summed E-state index contributed by atoms with van der Waals surface area (Å²) in [4.78, 5) is 27.6. The minimum absolute atomic E-state index is 0.168. The van der Waals surface area contributed by atoms with Crippen molar-refractivity contribution in [3.05, 3.63) is 41.6 Å². The van der Waals surface area contributed by atoms with Gasteiger partial charge in [0.25, 0.3) is 0 Å². The molecule has 7 nitrogen and oxygen atoms in total. The van der Waals surface area contributed by atoms with Crippen molar-refractivity contribution in [3.63, 3.8) is 0 Å². The number of anilines is 1. The van der Waals surface area contributed by atoms with Gasteiger partial charge in [0.05, 0.1) is 0 Å². The summed E-state index contributed by atoms with van der Waals surface area (Å²) in [5.74, 6) is -1.45. The number of fused-ring (bicyclic) bond motifs is 1. The van der Waals surface area contributed by atoms with Crippen LogP contribution in [0.3, 0.4) is 0 Å². The maximum Gasteiger partial charge on any atom is 0.414 e. The molecule has 2 aromatic rings. The lowest BCUT2D eigenvalue weighted by Crippen LogP contribution is -2.27. The van der Waals surface area contributed by atoms with Gasteiger partial charge in [0.2, 0.25) is 5.88 Å². The molecule has 0 saturated carbocycles. The van der Waals surface area contributed by atoms with Gasteiger partial charge in [-0.15, -0.1) is 0 Å². The first kappa shape index (κ1) is 15.8. The van der Waals surface area contributed by atoms with Crippen molar-refractivity contribution in [1.82, 2.24) is 4.98 Å². The van der Waals surface area contributed by atoms with E-state index in [2.05, 4.69) is 10.3 Å². The van der Waals surface area contributed by atoms with E-state index in [1.54, 1.807) is 33.0 Å². The molecular weight excluding hydrogens is 312 g/mol. The first-order valence-electron chi connectivity index (χ1n) is 7.29. The monoisotopic (exact) mass is 328 g/mol. The molecule has 24 heavy (non-hydrogen) atoms. The van der Waals surface area contributed by atoms with Crippen molar-refractivity contribution in [2.45, 2.75) is 26.4 Å². The molecule has 0 atom stereocenters. The average molecular weight is 328 g/mol. The van der Waals surface area contributed by atoms with Crippen LogP contribution in [0.1, 0.15) is 36.7 Å². The Balaban J connectivity index is 1.98. The Morgan fingerprint density at radius 3 is 2.58 bits per heavy atom. The van der Waals surface area contributed by atoms with Crippen molar-refractivity contribution >= 4 is 34.6 Å². The van der Waals surface area contributed by atoms with Gasteiger partial charge in [-0.2, -0.15) is 0 Å². The van der Waals surface area contributed by atoms with Crippen LogP contribution >= 0.6 is 0 Å². The first-order valence-corrected chi connectivity index (χ1v) is 7.29. The van der Waals surface area contributed by atoms with Crippen LogP contribution in [0.4, 0.5) is 10.7 Å². The van der Waals surface area contributed by atoms with Crippen molar-refractivity contribution in [3.8, 4) is 0 Å². The van der Waals surface area contributed by atoms with Gasteiger partial charge in [-0.05, 0) is 32.4 Å². The van der Waals surface area contributed by atoms with Gasteiger partial charge in [0, 0.05) is 11.8 Å². The van der Waals surface area contributed by atoms with Gasteiger partial charge in [-0.3, -0.25) is 10.3 Å². The van der Waals surface area contributed by atoms with E-state index < -0.39 is 17.7 Å². The van der Waals surface area contributed by atoms with E-state index in [1.807, 2.05) is 18.2 Å². The number of rotatable bonds is 3. The second-order valence-corrected chi connectivity index (χ2v) is 6.29. The minimum Gasteiger partial charge on any atom is -0.477 e. The quantitative estimate of drug-likeness (QED) is 0.888. The minimum atomic E-state index is -1.25. The molecule has 2 N–H and O–H groups in total. The van der Waals surface area contributed by atoms with E-state index in [0.717, 1.165) is 11.1 Å². The van der Waals surface area contributed by atoms with E-state index in [1.165, 1.54) is 0 Å². The summed E-state index contributed by atoms with van der Waals surface area (Å²) in [5, 5.41) is 11.8. The number of ether oxygens (including phenoxy) is 1. The lowest BCUT2D eigenvalue weighted by molar-refractivity contribution is 0.0633. The smallest absolute Gasteiger partial charge is 0.414 e. The largest absolute Gasteiger partial charge is 0.477 e. The molecular formula is C17H16N2O5. The van der Waals surface area contributed by atoms with Crippen LogP contribution in [-0.2, 0) is 4.74 Å². The molecule has 0 spiro atoms. The highest BCUT2D eigenvalue weighted by Crippen LogP contribution is 2.32. The second kappa shape index (κ2) is 5.52. The number of hydrogen-bond donors (Lipinski definition) is 2. The summed E-state index contributed by atoms with van der Waals surface area (Å²) in [6.07, 6.45) is 6.47. The Morgan fingerprint density at radius 1 is 1.33 bits per heavy atom. The lowest BCUT2D eigenvalue weighted by atomic mass is 10.0. The van der Waals surface area contributed by atoms with Crippen LogP contribution in [0.2, 0.25) is 0 Å². The number of aromatic carboxylic acids is 1. The number of furan rings is 1. The van der Waals surface area contributed by atoms with Crippen LogP contribution in [0, 0.1) is 0 Å².